The Kier molecular flexibility index (Phi) is 12.3. The molecule has 0 aromatic heterocycles. The highest BCUT2D eigenvalue weighted by molar-refractivity contribution is 5.26. The first-order valence-electron chi connectivity index (χ1n) is 7.62. The predicted molar refractivity (Wildman–Crippen MR) is 90.9 cm³/mol. The van der Waals surface area contributed by atoms with Crippen LogP contribution in [-0.4, -0.2) is 10.5 Å². The standard InChI is InChI=1S/C10H14.C9H12.H2O2/c1-3-9-7-5-6-8-10(9)4-2;1-2-6-9-7-4-3-5-8-9;1-2/h5-8H,3-4H2,1-2H3;3-5,7-8H,2,6H2,1H3;1-2H. The van der Waals surface area contributed by atoms with Gasteiger partial charge in [0.2, 0.25) is 0 Å². The summed E-state index contributed by atoms with van der Waals surface area (Å²) < 4.78 is 0. The Morgan fingerprint density at radius 3 is 1.48 bits per heavy atom. The van der Waals surface area contributed by atoms with E-state index in [1.807, 2.05) is 0 Å². The van der Waals surface area contributed by atoms with Gasteiger partial charge in [-0.25, -0.2) is 0 Å². The number of aryl methyl sites for hydroxylation is 3. The molecular formula is C19H28O2. The molecule has 2 heteroatoms. The smallest absolute Gasteiger partial charge is 0.0281 e. The van der Waals surface area contributed by atoms with Crippen LogP contribution in [0.5, 0.6) is 0 Å². The van der Waals surface area contributed by atoms with Crippen molar-refractivity contribution in [3.8, 4) is 0 Å². The zero-order chi connectivity index (χ0) is 15.9. The van der Waals surface area contributed by atoms with Crippen LogP contribution in [-0.2, 0) is 19.3 Å². The molecule has 0 aliphatic heterocycles. The van der Waals surface area contributed by atoms with Gasteiger partial charge in [-0.15, -0.1) is 0 Å². The van der Waals surface area contributed by atoms with Crippen molar-refractivity contribution in [1.29, 1.82) is 0 Å². The molecule has 0 aliphatic carbocycles. The molecule has 0 aliphatic rings. The molecule has 116 valence electrons. The lowest BCUT2D eigenvalue weighted by molar-refractivity contribution is -0.176. The first kappa shape index (κ1) is 19.4. The molecule has 2 aromatic rings. The van der Waals surface area contributed by atoms with Crippen LogP contribution in [0.3, 0.4) is 0 Å². The molecule has 0 atom stereocenters. The van der Waals surface area contributed by atoms with Gasteiger partial charge in [-0.1, -0.05) is 81.8 Å². The molecule has 0 fully saturated rings. The molecule has 2 rings (SSSR count). The van der Waals surface area contributed by atoms with Gasteiger partial charge in [0, 0.05) is 0 Å². The lowest BCUT2D eigenvalue weighted by Gasteiger charge is -2.02. The van der Waals surface area contributed by atoms with Gasteiger partial charge in [0.25, 0.3) is 0 Å². The van der Waals surface area contributed by atoms with E-state index in [4.69, 9.17) is 10.5 Å². The van der Waals surface area contributed by atoms with Gasteiger partial charge < -0.3 is 0 Å². The summed E-state index contributed by atoms with van der Waals surface area (Å²) in [5.41, 5.74) is 4.43. The van der Waals surface area contributed by atoms with E-state index in [1.54, 1.807) is 0 Å². The summed E-state index contributed by atoms with van der Waals surface area (Å²) in [6.45, 7) is 6.61. The molecule has 0 amide bonds. The van der Waals surface area contributed by atoms with Gasteiger partial charge in [-0.3, -0.25) is 10.5 Å². The molecule has 0 spiro atoms. The molecule has 2 aromatic carbocycles. The second kappa shape index (κ2) is 13.3. The Hall–Kier alpha value is -1.64. The minimum absolute atomic E-state index is 1.16. The summed E-state index contributed by atoms with van der Waals surface area (Å²) in [6.07, 6.45) is 4.76. The fraction of sp³-hybridized carbons (Fsp3) is 0.368. The molecule has 0 saturated heterocycles. The van der Waals surface area contributed by atoms with E-state index in [0.717, 1.165) is 12.8 Å². The Morgan fingerprint density at radius 2 is 1.10 bits per heavy atom. The van der Waals surface area contributed by atoms with Crippen molar-refractivity contribution in [1.82, 2.24) is 0 Å². The molecule has 2 nitrogen and oxygen atoms in total. The second-order valence-corrected chi connectivity index (χ2v) is 4.71. The number of hydrogen-bond donors (Lipinski definition) is 2. The highest BCUT2D eigenvalue weighted by Crippen LogP contribution is 2.09. The first-order chi connectivity index (χ1) is 10.3. The van der Waals surface area contributed by atoms with Crippen LogP contribution < -0.4 is 0 Å². The Bertz CT molecular complexity index is 429. The van der Waals surface area contributed by atoms with Crippen LogP contribution in [0.15, 0.2) is 54.6 Å². The van der Waals surface area contributed by atoms with Crippen molar-refractivity contribution < 1.29 is 10.5 Å². The van der Waals surface area contributed by atoms with Gasteiger partial charge in [-0.2, -0.15) is 0 Å². The third kappa shape index (κ3) is 8.28. The second-order valence-electron chi connectivity index (χ2n) is 4.71. The highest BCUT2D eigenvalue weighted by atomic mass is 17.0. The fourth-order valence-electron chi connectivity index (χ4n) is 2.18. The van der Waals surface area contributed by atoms with E-state index in [-0.39, 0.29) is 0 Å². The largest absolute Gasteiger partial charge is 0.255 e. The van der Waals surface area contributed by atoms with Crippen molar-refractivity contribution in [2.75, 3.05) is 0 Å². The van der Waals surface area contributed by atoms with E-state index in [2.05, 4.69) is 75.4 Å². The van der Waals surface area contributed by atoms with Crippen molar-refractivity contribution in [2.45, 2.75) is 46.5 Å². The molecular weight excluding hydrogens is 260 g/mol. The highest BCUT2D eigenvalue weighted by Gasteiger charge is 1.93. The van der Waals surface area contributed by atoms with Crippen molar-refractivity contribution in [2.24, 2.45) is 0 Å². The van der Waals surface area contributed by atoms with Gasteiger partial charge in [0.05, 0.1) is 0 Å². The molecule has 0 heterocycles. The lowest BCUT2D eigenvalue weighted by atomic mass is 10.0. The van der Waals surface area contributed by atoms with Crippen molar-refractivity contribution in [3.63, 3.8) is 0 Å². The van der Waals surface area contributed by atoms with Crippen molar-refractivity contribution >= 4 is 0 Å². The van der Waals surface area contributed by atoms with E-state index in [0.29, 0.717) is 0 Å². The maximum atomic E-state index is 6.00. The number of benzene rings is 2. The summed E-state index contributed by atoms with van der Waals surface area (Å²) in [4.78, 5) is 0. The third-order valence-electron chi connectivity index (χ3n) is 3.26. The topological polar surface area (TPSA) is 40.5 Å². The van der Waals surface area contributed by atoms with E-state index >= 15 is 0 Å². The third-order valence-corrected chi connectivity index (χ3v) is 3.26. The minimum Gasteiger partial charge on any atom is -0.255 e. The predicted octanol–water partition coefficient (Wildman–Crippen LogP) is 5.47. The summed E-state index contributed by atoms with van der Waals surface area (Å²) in [5.74, 6) is 0. The van der Waals surface area contributed by atoms with Gasteiger partial charge in [0.15, 0.2) is 0 Å². The number of rotatable bonds is 4. The molecule has 0 bridgehead atoms. The van der Waals surface area contributed by atoms with Crippen molar-refractivity contribution in [3.05, 3.63) is 71.3 Å². The van der Waals surface area contributed by atoms with Crippen LogP contribution >= 0.6 is 0 Å². The monoisotopic (exact) mass is 288 g/mol. The van der Waals surface area contributed by atoms with Crippen LogP contribution in [0.1, 0.15) is 43.9 Å². The summed E-state index contributed by atoms with van der Waals surface area (Å²) in [6, 6.07) is 19.2. The molecule has 21 heavy (non-hydrogen) atoms. The van der Waals surface area contributed by atoms with Gasteiger partial charge in [0.1, 0.15) is 0 Å². The SMILES string of the molecule is CCCc1ccccc1.CCc1ccccc1CC.OO. The first-order valence-corrected chi connectivity index (χ1v) is 7.62. The normalized spacial score (nSPS) is 9.00. The van der Waals surface area contributed by atoms with Gasteiger partial charge >= 0.3 is 0 Å². The Morgan fingerprint density at radius 1 is 0.667 bits per heavy atom. The average Bonchev–Trinajstić information content (AvgIpc) is 2.58. The van der Waals surface area contributed by atoms with E-state index in [9.17, 15) is 0 Å². The minimum atomic E-state index is 1.16. The van der Waals surface area contributed by atoms with Crippen LogP contribution in [0, 0.1) is 0 Å². The molecule has 0 unspecified atom stereocenters. The average molecular weight is 288 g/mol. The van der Waals surface area contributed by atoms with E-state index < -0.39 is 0 Å². The maximum absolute atomic E-state index is 6.00. The number of hydrogen-bond acceptors (Lipinski definition) is 2. The van der Waals surface area contributed by atoms with Crippen LogP contribution in [0.25, 0.3) is 0 Å². The lowest BCUT2D eigenvalue weighted by Crippen LogP contribution is -1.88. The van der Waals surface area contributed by atoms with Gasteiger partial charge in [-0.05, 0) is 36.0 Å². The summed E-state index contributed by atoms with van der Waals surface area (Å²) >= 11 is 0. The fourth-order valence-corrected chi connectivity index (χ4v) is 2.18. The van der Waals surface area contributed by atoms with Crippen LogP contribution in [0.2, 0.25) is 0 Å². The van der Waals surface area contributed by atoms with Crippen LogP contribution in [0.4, 0.5) is 0 Å². The zero-order valence-electron chi connectivity index (χ0n) is 13.4. The molecule has 0 saturated carbocycles. The summed E-state index contributed by atoms with van der Waals surface area (Å²) in [7, 11) is 0. The maximum Gasteiger partial charge on any atom is -0.0281 e. The Labute approximate surface area is 129 Å². The molecule has 0 radical (unpaired) electrons. The quantitative estimate of drug-likeness (QED) is 0.578. The summed E-state index contributed by atoms with van der Waals surface area (Å²) in [5, 5.41) is 12.0. The zero-order valence-corrected chi connectivity index (χ0v) is 13.4. The Balaban J connectivity index is 0.000000342. The molecule has 2 N–H and O–H groups in total. The van der Waals surface area contributed by atoms with E-state index in [1.165, 1.54) is 29.5 Å².